The lowest BCUT2D eigenvalue weighted by Gasteiger charge is -2.14. The Morgan fingerprint density at radius 1 is 1.52 bits per heavy atom. The van der Waals surface area contributed by atoms with Crippen LogP contribution < -0.4 is 9.92 Å². The van der Waals surface area contributed by atoms with Crippen molar-refractivity contribution in [1.82, 2.24) is 14.6 Å². The molecule has 1 atom stereocenters. The first-order valence-electron chi connectivity index (χ1n) is 7.30. The molecule has 2 heterocycles. The summed E-state index contributed by atoms with van der Waals surface area (Å²) in [4.78, 5) is 21.1. The first kappa shape index (κ1) is 15.5. The summed E-state index contributed by atoms with van der Waals surface area (Å²) in [6.07, 6.45) is 1.61. The second kappa shape index (κ2) is 6.80. The number of nitrogens with zero attached hydrogens (tertiary/aromatic N) is 6. The van der Waals surface area contributed by atoms with E-state index in [1.807, 2.05) is 18.2 Å². The second-order valence-corrected chi connectivity index (χ2v) is 6.08. The topological polar surface area (TPSA) is 86.2 Å². The van der Waals surface area contributed by atoms with Gasteiger partial charge in [0.1, 0.15) is 25.0 Å². The molecular weight excluding hydrogens is 316 g/mol. The van der Waals surface area contributed by atoms with Gasteiger partial charge in [-0.25, -0.2) is 19.5 Å². The molecule has 1 amide bonds. The molecule has 0 bridgehead atoms. The molecule has 3 rings (SSSR count). The summed E-state index contributed by atoms with van der Waals surface area (Å²) < 4.78 is 6.82. The number of carbonyl (C=O) groups excluding carboxylic acids is 1. The van der Waals surface area contributed by atoms with Crippen LogP contribution in [0.2, 0.25) is 0 Å². The minimum Gasteiger partial charge on any atom is -0.412 e. The third-order valence-electron chi connectivity index (χ3n) is 3.28. The van der Waals surface area contributed by atoms with Crippen molar-refractivity contribution < 1.29 is 9.53 Å². The molecule has 120 valence electrons. The van der Waals surface area contributed by atoms with Gasteiger partial charge in [0.05, 0.1) is 11.0 Å². The summed E-state index contributed by atoms with van der Waals surface area (Å²) in [5, 5.41) is 8.79. The Bertz CT molecular complexity index is 783. The highest BCUT2D eigenvalue weighted by Crippen LogP contribution is 2.24. The average Bonchev–Trinajstić information content (AvgIpc) is 3.13. The van der Waals surface area contributed by atoms with Crippen molar-refractivity contribution in [3.05, 3.63) is 24.5 Å². The Labute approximate surface area is 137 Å². The van der Waals surface area contributed by atoms with Gasteiger partial charge in [0.25, 0.3) is 6.23 Å². The quantitative estimate of drug-likeness (QED) is 0.478. The highest BCUT2D eigenvalue weighted by atomic mass is 32.2. The van der Waals surface area contributed by atoms with Crippen molar-refractivity contribution in [3.8, 4) is 0 Å². The minimum atomic E-state index is -0.650. The molecule has 0 spiro atoms. The van der Waals surface area contributed by atoms with E-state index >= 15 is 0 Å². The summed E-state index contributed by atoms with van der Waals surface area (Å²) in [5.74, 6) is 1.07. The smallest absolute Gasteiger partial charge is 0.412 e. The van der Waals surface area contributed by atoms with Crippen LogP contribution in [0, 0.1) is 0 Å². The maximum atomic E-state index is 12.0. The van der Waals surface area contributed by atoms with E-state index < -0.39 is 12.3 Å². The highest BCUT2D eigenvalue weighted by Gasteiger charge is 2.36. The lowest BCUT2D eigenvalue weighted by molar-refractivity contribution is 0.140. The molecule has 23 heavy (non-hydrogen) atoms. The predicted octanol–water partition coefficient (Wildman–Crippen LogP) is 2.55. The minimum absolute atomic E-state index is 0.273. The van der Waals surface area contributed by atoms with Crippen LogP contribution in [0.5, 0.6) is 0 Å². The molecule has 1 unspecified atom stereocenters. The number of thioether (sulfide) groups is 1. The van der Waals surface area contributed by atoms with Crippen LogP contribution in [0.1, 0.15) is 13.3 Å². The van der Waals surface area contributed by atoms with Crippen molar-refractivity contribution in [1.29, 1.82) is 0 Å². The van der Waals surface area contributed by atoms with E-state index in [4.69, 9.17) is 4.74 Å². The normalized spacial score (nSPS) is 17.2. The van der Waals surface area contributed by atoms with Crippen LogP contribution in [0.25, 0.3) is 11.0 Å². The van der Waals surface area contributed by atoms with Crippen LogP contribution in [0.15, 0.2) is 39.7 Å². The van der Waals surface area contributed by atoms with E-state index in [9.17, 15) is 4.79 Å². The van der Waals surface area contributed by atoms with Gasteiger partial charge >= 0.3 is 6.09 Å². The van der Waals surface area contributed by atoms with E-state index in [-0.39, 0.29) is 6.54 Å². The number of imidazole rings is 1. The number of cyclic esters (lactones) is 1. The average molecular weight is 333 g/mol. The number of rotatable bonds is 5. The summed E-state index contributed by atoms with van der Waals surface area (Å²) in [7, 11) is 1.51. The van der Waals surface area contributed by atoms with Crippen LogP contribution in [0.4, 0.5) is 4.79 Å². The van der Waals surface area contributed by atoms with Gasteiger partial charge < -0.3 is 4.74 Å². The molecule has 0 aliphatic carbocycles. The highest BCUT2D eigenvalue weighted by molar-refractivity contribution is 7.99. The van der Waals surface area contributed by atoms with Gasteiger partial charge in [-0.3, -0.25) is 0 Å². The number of benzene rings is 1. The van der Waals surface area contributed by atoms with Gasteiger partial charge in [-0.1, -0.05) is 6.92 Å². The van der Waals surface area contributed by atoms with Gasteiger partial charge in [-0.15, -0.1) is 11.8 Å². The lowest BCUT2D eigenvalue weighted by Crippen LogP contribution is -2.35. The van der Waals surface area contributed by atoms with E-state index in [2.05, 4.69) is 27.0 Å². The molecule has 1 aromatic heterocycles. The molecule has 9 heteroatoms. The molecule has 0 saturated carbocycles. The Morgan fingerprint density at radius 3 is 3.17 bits per heavy atom. The third-order valence-corrected chi connectivity index (χ3v) is 4.48. The first-order chi connectivity index (χ1) is 11.2. The fraction of sp³-hybridized carbons (Fsp3) is 0.429. The van der Waals surface area contributed by atoms with Crippen LogP contribution in [-0.4, -0.2) is 41.3 Å². The van der Waals surface area contributed by atoms with Crippen molar-refractivity contribution in [2.75, 3.05) is 24.4 Å². The number of carbonyl (C=O) groups is 1. The van der Waals surface area contributed by atoms with Gasteiger partial charge in [0.2, 0.25) is 4.91 Å². The zero-order valence-corrected chi connectivity index (χ0v) is 13.7. The fourth-order valence-electron chi connectivity index (χ4n) is 2.26. The zero-order valence-electron chi connectivity index (χ0n) is 12.9. The number of fused-ring (bicyclic) bond motifs is 1. The molecule has 8 nitrogen and oxygen atoms in total. The first-order valence-corrected chi connectivity index (χ1v) is 8.28. The zero-order chi connectivity index (χ0) is 16.2. The summed E-state index contributed by atoms with van der Waals surface area (Å²) in [6, 6.07) is 6.03. The molecule has 1 aliphatic heterocycles. The molecule has 1 aromatic carbocycles. The molecular formula is C14H17N6O2S+. The number of ether oxygens (including phenoxy) is 1. The van der Waals surface area contributed by atoms with E-state index in [0.717, 1.165) is 23.2 Å². The Morgan fingerprint density at radius 2 is 2.39 bits per heavy atom. The largest absolute Gasteiger partial charge is 0.431 e. The Hall–Kier alpha value is -2.38. The van der Waals surface area contributed by atoms with Crippen LogP contribution in [0.3, 0.4) is 0 Å². The molecule has 1 aliphatic rings. The third kappa shape index (κ3) is 3.20. The van der Waals surface area contributed by atoms with Crippen molar-refractivity contribution in [3.63, 3.8) is 0 Å². The standard InChI is InChI=1S/C14H17N6O2S/c1-3-6-23-10-4-5-12-11(7-10)16-9-20(12)19-8-13(17-18-15-2)22-14(19)21/h4-5,7,9,13H,3,6,8H2,1-2H3/q+1. The Kier molecular flexibility index (Phi) is 4.59. The van der Waals surface area contributed by atoms with E-state index in [1.165, 1.54) is 17.0 Å². The molecule has 2 aromatic rings. The van der Waals surface area contributed by atoms with Gasteiger partial charge in [-0.05, 0) is 30.4 Å². The maximum Gasteiger partial charge on any atom is 0.431 e. The van der Waals surface area contributed by atoms with Gasteiger partial charge in [0.15, 0.2) is 5.11 Å². The number of amides is 1. The number of hydrogen-bond acceptors (Lipinski definition) is 6. The van der Waals surface area contributed by atoms with Crippen molar-refractivity contribution >= 4 is 28.9 Å². The maximum absolute atomic E-state index is 12.0. The van der Waals surface area contributed by atoms with Crippen LogP contribution in [-0.2, 0) is 4.74 Å². The lowest BCUT2D eigenvalue weighted by atomic mass is 10.3. The van der Waals surface area contributed by atoms with E-state index in [1.54, 1.807) is 22.8 Å². The van der Waals surface area contributed by atoms with Gasteiger partial charge in [0, 0.05) is 4.90 Å². The van der Waals surface area contributed by atoms with E-state index in [0.29, 0.717) is 0 Å². The summed E-state index contributed by atoms with van der Waals surface area (Å²) in [5.41, 5.74) is 1.69. The van der Waals surface area contributed by atoms with Crippen molar-refractivity contribution in [2.24, 2.45) is 10.2 Å². The summed E-state index contributed by atoms with van der Waals surface area (Å²) >= 11 is 1.79. The van der Waals surface area contributed by atoms with Crippen LogP contribution >= 0.6 is 11.8 Å². The van der Waals surface area contributed by atoms with Crippen molar-refractivity contribution in [2.45, 2.75) is 24.5 Å². The second-order valence-electron chi connectivity index (χ2n) is 4.91. The Balaban J connectivity index is 1.86. The molecule has 0 radical (unpaired) electrons. The number of aromatic nitrogens is 2. The monoisotopic (exact) mass is 333 g/mol. The predicted molar refractivity (Wildman–Crippen MR) is 87.0 cm³/mol. The molecule has 1 saturated heterocycles. The SMILES string of the molecule is CCCSc1ccc2c(c1)ncn2N1CC(N=[N+]=NC)OC1=O. The van der Waals surface area contributed by atoms with Gasteiger partial charge in [-0.2, -0.15) is 0 Å². The fourth-order valence-corrected chi connectivity index (χ4v) is 3.06. The molecule has 1 fully saturated rings. The molecule has 0 N–H and O–H groups in total. The number of hydrogen-bond donors (Lipinski definition) is 0. The summed E-state index contributed by atoms with van der Waals surface area (Å²) in [6.45, 7) is 2.43.